The number of hydrogen-bond donors (Lipinski definition) is 1. The monoisotopic (exact) mass is 289 g/mol. The largest absolute Gasteiger partial charge is 0.380 e. The van der Waals surface area contributed by atoms with Gasteiger partial charge in [-0.3, -0.25) is 4.68 Å². The number of aryl methyl sites for hydroxylation is 1. The Balaban J connectivity index is 1.79. The lowest BCUT2D eigenvalue weighted by atomic mass is 10.0. The molecule has 3 aromatic rings. The zero-order valence-electron chi connectivity index (χ0n) is 12.2. The Labute approximate surface area is 128 Å². The molecule has 0 aliphatic heterocycles. The molecule has 0 aliphatic rings. The minimum absolute atomic E-state index is 0.418. The first kappa shape index (κ1) is 13.8. The summed E-state index contributed by atoms with van der Waals surface area (Å²) in [6.45, 7) is 0.679. The highest BCUT2D eigenvalue weighted by molar-refractivity contribution is 5.66. The molecule has 1 aromatic carbocycles. The standard InChI is InChI=1S/C17H15N5/c1-22-12-14(10-21-22)17-5-3-2-4-13(17)9-19-16-7-6-15(8-18)20-11-16/h2-7,10-12,19H,9H2,1H3. The first-order valence-corrected chi connectivity index (χ1v) is 6.93. The molecule has 0 saturated heterocycles. The molecule has 0 amide bonds. The number of nitrogens with zero attached hydrogens (tertiary/aromatic N) is 4. The van der Waals surface area contributed by atoms with Crippen molar-refractivity contribution >= 4 is 5.69 Å². The average Bonchev–Trinajstić information content (AvgIpc) is 3.00. The third-order valence-corrected chi connectivity index (χ3v) is 3.39. The fourth-order valence-electron chi connectivity index (χ4n) is 2.28. The molecule has 0 saturated carbocycles. The Bertz CT molecular complexity index is 812. The maximum atomic E-state index is 8.76. The van der Waals surface area contributed by atoms with Crippen LogP contribution in [0.5, 0.6) is 0 Å². The highest BCUT2D eigenvalue weighted by atomic mass is 15.2. The van der Waals surface area contributed by atoms with Gasteiger partial charge < -0.3 is 5.32 Å². The molecule has 0 atom stereocenters. The van der Waals surface area contributed by atoms with Crippen molar-refractivity contribution < 1.29 is 0 Å². The molecule has 2 heterocycles. The Morgan fingerprint density at radius 2 is 2.05 bits per heavy atom. The maximum absolute atomic E-state index is 8.76. The fourth-order valence-corrected chi connectivity index (χ4v) is 2.28. The van der Waals surface area contributed by atoms with Crippen LogP contribution in [0.4, 0.5) is 5.69 Å². The van der Waals surface area contributed by atoms with Crippen LogP contribution in [0.2, 0.25) is 0 Å². The van der Waals surface area contributed by atoms with E-state index < -0.39 is 0 Å². The van der Waals surface area contributed by atoms with Crippen LogP contribution in [-0.4, -0.2) is 14.8 Å². The van der Waals surface area contributed by atoms with Gasteiger partial charge >= 0.3 is 0 Å². The van der Waals surface area contributed by atoms with Crippen LogP contribution >= 0.6 is 0 Å². The van der Waals surface area contributed by atoms with Crippen LogP contribution in [0.25, 0.3) is 11.1 Å². The van der Waals surface area contributed by atoms with Gasteiger partial charge in [0.1, 0.15) is 11.8 Å². The van der Waals surface area contributed by atoms with Gasteiger partial charge in [-0.2, -0.15) is 10.4 Å². The van der Waals surface area contributed by atoms with Gasteiger partial charge in [-0.15, -0.1) is 0 Å². The van der Waals surface area contributed by atoms with Crippen LogP contribution in [0, 0.1) is 11.3 Å². The minimum atomic E-state index is 0.418. The normalized spacial score (nSPS) is 10.2. The topological polar surface area (TPSA) is 66.5 Å². The lowest BCUT2D eigenvalue weighted by Gasteiger charge is -2.10. The van der Waals surface area contributed by atoms with Gasteiger partial charge in [0.15, 0.2) is 0 Å². The fraction of sp³-hybridized carbons (Fsp3) is 0.118. The number of aromatic nitrogens is 3. The highest BCUT2D eigenvalue weighted by Gasteiger charge is 2.06. The average molecular weight is 289 g/mol. The van der Waals surface area contributed by atoms with Crippen LogP contribution < -0.4 is 5.32 Å². The summed E-state index contributed by atoms with van der Waals surface area (Å²) in [6, 6.07) is 13.8. The van der Waals surface area contributed by atoms with Crippen molar-refractivity contribution in [1.29, 1.82) is 5.26 Å². The first-order valence-electron chi connectivity index (χ1n) is 6.93. The summed E-state index contributed by atoms with van der Waals surface area (Å²) >= 11 is 0. The summed E-state index contributed by atoms with van der Waals surface area (Å²) in [5, 5.41) is 16.3. The van der Waals surface area contributed by atoms with Gasteiger partial charge in [0, 0.05) is 25.4 Å². The molecule has 3 rings (SSSR count). The molecule has 0 fully saturated rings. The number of benzene rings is 1. The molecule has 0 aliphatic carbocycles. The van der Waals surface area contributed by atoms with Gasteiger partial charge in [-0.05, 0) is 23.3 Å². The predicted molar refractivity (Wildman–Crippen MR) is 84.9 cm³/mol. The zero-order chi connectivity index (χ0) is 15.4. The lowest BCUT2D eigenvalue weighted by Crippen LogP contribution is -2.01. The Hall–Kier alpha value is -3.13. The van der Waals surface area contributed by atoms with E-state index in [0.717, 1.165) is 16.8 Å². The number of rotatable bonds is 4. The molecule has 0 bridgehead atoms. The second-order valence-electron chi connectivity index (χ2n) is 4.96. The number of nitriles is 1. The van der Waals surface area contributed by atoms with E-state index in [9.17, 15) is 0 Å². The number of anilines is 1. The SMILES string of the molecule is Cn1cc(-c2ccccc2CNc2ccc(C#N)nc2)cn1. The molecular formula is C17H15N5. The van der Waals surface area contributed by atoms with E-state index in [2.05, 4.69) is 27.5 Å². The summed E-state index contributed by atoms with van der Waals surface area (Å²) < 4.78 is 1.80. The van der Waals surface area contributed by atoms with Crippen molar-refractivity contribution in [3.63, 3.8) is 0 Å². The second kappa shape index (κ2) is 6.10. The zero-order valence-corrected chi connectivity index (χ0v) is 12.2. The Kier molecular flexibility index (Phi) is 3.84. The molecule has 0 spiro atoms. The van der Waals surface area contributed by atoms with Crippen LogP contribution in [0.15, 0.2) is 55.0 Å². The second-order valence-corrected chi connectivity index (χ2v) is 4.96. The van der Waals surface area contributed by atoms with Gasteiger partial charge in [-0.1, -0.05) is 24.3 Å². The molecule has 2 aromatic heterocycles. The van der Waals surface area contributed by atoms with E-state index in [-0.39, 0.29) is 0 Å². The maximum Gasteiger partial charge on any atom is 0.140 e. The van der Waals surface area contributed by atoms with E-state index in [4.69, 9.17) is 5.26 Å². The molecule has 5 nitrogen and oxygen atoms in total. The summed E-state index contributed by atoms with van der Waals surface area (Å²) in [4.78, 5) is 4.06. The van der Waals surface area contributed by atoms with Gasteiger partial charge in [0.25, 0.3) is 0 Å². The van der Waals surface area contributed by atoms with Crippen molar-refractivity contribution in [3.05, 3.63) is 66.2 Å². The molecule has 0 radical (unpaired) electrons. The smallest absolute Gasteiger partial charge is 0.140 e. The number of hydrogen-bond acceptors (Lipinski definition) is 4. The molecule has 1 N–H and O–H groups in total. The lowest BCUT2D eigenvalue weighted by molar-refractivity contribution is 0.768. The Morgan fingerprint density at radius 1 is 1.18 bits per heavy atom. The van der Waals surface area contributed by atoms with Gasteiger partial charge in [0.05, 0.1) is 18.1 Å². The number of nitrogens with one attached hydrogen (secondary N) is 1. The van der Waals surface area contributed by atoms with E-state index in [1.165, 1.54) is 5.56 Å². The van der Waals surface area contributed by atoms with Crippen molar-refractivity contribution in [2.45, 2.75) is 6.54 Å². The number of pyridine rings is 1. The minimum Gasteiger partial charge on any atom is -0.380 e. The van der Waals surface area contributed by atoms with Crippen molar-refractivity contribution in [3.8, 4) is 17.2 Å². The van der Waals surface area contributed by atoms with Crippen LogP contribution in [-0.2, 0) is 13.6 Å². The summed E-state index contributed by atoms with van der Waals surface area (Å²) in [7, 11) is 1.91. The summed E-state index contributed by atoms with van der Waals surface area (Å²) in [5.74, 6) is 0. The molecular weight excluding hydrogens is 274 g/mol. The van der Waals surface area contributed by atoms with E-state index in [0.29, 0.717) is 12.2 Å². The summed E-state index contributed by atoms with van der Waals surface area (Å²) in [5.41, 5.74) is 4.74. The van der Waals surface area contributed by atoms with Crippen molar-refractivity contribution in [2.75, 3.05) is 5.32 Å². The van der Waals surface area contributed by atoms with Crippen molar-refractivity contribution in [1.82, 2.24) is 14.8 Å². The van der Waals surface area contributed by atoms with Gasteiger partial charge in [0.2, 0.25) is 0 Å². The third-order valence-electron chi connectivity index (χ3n) is 3.39. The first-order chi connectivity index (χ1) is 10.8. The molecule has 0 unspecified atom stereocenters. The molecule has 22 heavy (non-hydrogen) atoms. The Morgan fingerprint density at radius 3 is 2.73 bits per heavy atom. The predicted octanol–water partition coefficient (Wildman–Crippen LogP) is 2.97. The van der Waals surface area contributed by atoms with E-state index in [1.54, 1.807) is 16.9 Å². The summed E-state index contributed by atoms with van der Waals surface area (Å²) in [6.07, 6.45) is 5.54. The van der Waals surface area contributed by atoms with E-state index in [1.807, 2.05) is 43.7 Å². The molecule has 5 heteroatoms. The third kappa shape index (κ3) is 2.96. The van der Waals surface area contributed by atoms with Crippen molar-refractivity contribution in [2.24, 2.45) is 7.05 Å². The van der Waals surface area contributed by atoms with Gasteiger partial charge in [-0.25, -0.2) is 4.98 Å². The van der Waals surface area contributed by atoms with E-state index >= 15 is 0 Å². The molecule has 108 valence electrons. The highest BCUT2D eigenvalue weighted by Crippen LogP contribution is 2.23. The van der Waals surface area contributed by atoms with Crippen LogP contribution in [0.3, 0.4) is 0 Å². The quantitative estimate of drug-likeness (QED) is 0.802. The van der Waals surface area contributed by atoms with Crippen LogP contribution in [0.1, 0.15) is 11.3 Å².